The molecule has 44 heavy (non-hydrogen) atoms. The molecule has 0 atom stereocenters. The van der Waals surface area contributed by atoms with Gasteiger partial charge in [-0.3, -0.25) is 5.32 Å². The molecule has 1 fully saturated rings. The predicted octanol–water partition coefficient (Wildman–Crippen LogP) is 7.58. The first-order chi connectivity index (χ1) is 21.1. The third-order valence-electron chi connectivity index (χ3n) is 7.87. The maximum absolute atomic E-state index is 13.0. The van der Waals surface area contributed by atoms with Crippen molar-refractivity contribution in [3.8, 4) is 17.2 Å². The number of nitrogens with one attached hydrogen (secondary N) is 2. The van der Waals surface area contributed by atoms with Crippen LogP contribution in [-0.2, 0) is 11.8 Å². The Morgan fingerprint density at radius 2 is 1.52 bits per heavy atom. The second-order valence-electron chi connectivity index (χ2n) is 12.4. The van der Waals surface area contributed by atoms with E-state index in [4.69, 9.17) is 14.6 Å². The van der Waals surface area contributed by atoms with E-state index in [1.54, 1.807) is 41.0 Å². The first-order valence-electron chi connectivity index (χ1n) is 15.0. The lowest BCUT2D eigenvalue weighted by atomic mass is 9.90. The van der Waals surface area contributed by atoms with Crippen molar-refractivity contribution in [1.29, 1.82) is 0 Å². The molecule has 1 saturated heterocycles. The zero-order chi connectivity index (χ0) is 31.3. The normalized spacial score (nSPS) is 13.8. The number of amides is 3. The molecule has 2 N–H and O–H groups in total. The highest BCUT2D eigenvalue weighted by molar-refractivity contribution is 5.99. The summed E-state index contributed by atoms with van der Waals surface area (Å²) >= 11 is 0. The number of benzene rings is 3. The number of methoxy groups -OCH3 is 1. The fraction of sp³-hybridized carbons (Fsp3) is 0.343. The van der Waals surface area contributed by atoms with Crippen molar-refractivity contribution in [2.75, 3.05) is 30.8 Å². The number of likely N-dealkylation sites (tertiary alicyclic amines) is 1. The Morgan fingerprint density at radius 1 is 0.886 bits per heavy atom. The van der Waals surface area contributed by atoms with Crippen LogP contribution in [0.4, 0.5) is 21.1 Å². The highest BCUT2D eigenvalue weighted by Gasteiger charge is 2.25. The number of aryl methyl sites for hydroxylation is 1. The number of hydrogen-bond acceptors (Lipinski definition) is 5. The van der Waals surface area contributed by atoms with Gasteiger partial charge in [-0.25, -0.2) is 14.3 Å². The van der Waals surface area contributed by atoms with Crippen LogP contribution < -0.4 is 20.1 Å². The van der Waals surface area contributed by atoms with Gasteiger partial charge in [0, 0.05) is 30.3 Å². The first kappa shape index (κ1) is 30.7. The van der Waals surface area contributed by atoms with E-state index in [-0.39, 0.29) is 17.5 Å². The molecule has 9 heteroatoms. The minimum Gasteiger partial charge on any atom is -0.497 e. The summed E-state index contributed by atoms with van der Waals surface area (Å²) in [6.45, 7) is 9.66. The Morgan fingerprint density at radius 3 is 2.14 bits per heavy atom. The number of anilines is 2. The first-order valence-corrected chi connectivity index (χ1v) is 15.0. The quantitative estimate of drug-likeness (QED) is 0.230. The summed E-state index contributed by atoms with van der Waals surface area (Å²) in [5, 5.41) is 10.7. The number of hydrogen-bond donors (Lipinski definition) is 2. The lowest BCUT2D eigenvalue weighted by Gasteiger charge is -2.31. The Balaban J connectivity index is 1.12. The minimum atomic E-state index is -0.333. The van der Waals surface area contributed by atoms with Gasteiger partial charge < -0.3 is 19.7 Å². The third kappa shape index (κ3) is 7.78. The van der Waals surface area contributed by atoms with Crippen LogP contribution in [0.3, 0.4) is 0 Å². The fourth-order valence-electron chi connectivity index (χ4n) is 5.18. The lowest BCUT2D eigenvalue weighted by molar-refractivity contribution is 0.131. The number of ether oxygens (including phenoxy) is 2. The third-order valence-corrected chi connectivity index (χ3v) is 7.87. The summed E-state index contributed by atoms with van der Waals surface area (Å²) in [5.41, 5.74) is 4.66. The van der Waals surface area contributed by atoms with E-state index in [0.717, 1.165) is 42.0 Å². The van der Waals surface area contributed by atoms with E-state index < -0.39 is 0 Å². The average molecular weight is 596 g/mol. The Hall–Kier alpha value is -4.79. The van der Waals surface area contributed by atoms with Crippen molar-refractivity contribution in [3.63, 3.8) is 0 Å². The molecule has 0 bridgehead atoms. The van der Waals surface area contributed by atoms with Crippen LogP contribution in [0.5, 0.6) is 11.5 Å². The van der Waals surface area contributed by atoms with Gasteiger partial charge in [-0.2, -0.15) is 5.10 Å². The van der Waals surface area contributed by atoms with Crippen LogP contribution in [0.15, 0.2) is 78.9 Å². The average Bonchev–Trinajstić information content (AvgIpc) is 3.43. The van der Waals surface area contributed by atoms with Gasteiger partial charge in [-0.15, -0.1) is 0 Å². The van der Waals surface area contributed by atoms with Crippen LogP contribution in [0, 0.1) is 12.8 Å². The highest BCUT2D eigenvalue weighted by atomic mass is 16.6. The topological polar surface area (TPSA) is 97.7 Å². The van der Waals surface area contributed by atoms with Gasteiger partial charge in [0.1, 0.15) is 17.3 Å². The molecule has 0 saturated carbocycles. The molecule has 3 amide bonds. The van der Waals surface area contributed by atoms with Crippen molar-refractivity contribution in [1.82, 2.24) is 14.7 Å². The molecule has 1 aliphatic heterocycles. The van der Waals surface area contributed by atoms with Gasteiger partial charge in [-0.05, 0) is 86.2 Å². The van der Waals surface area contributed by atoms with Gasteiger partial charge in [0.2, 0.25) is 0 Å². The molecular weight excluding hydrogens is 554 g/mol. The zero-order valence-corrected chi connectivity index (χ0v) is 26.1. The van der Waals surface area contributed by atoms with E-state index in [9.17, 15) is 9.59 Å². The van der Waals surface area contributed by atoms with E-state index in [1.807, 2.05) is 61.5 Å². The number of carbonyl (C=O) groups excluding carboxylic acids is 2. The Labute approximate surface area is 259 Å². The Kier molecular flexibility index (Phi) is 9.23. The molecule has 9 nitrogen and oxygen atoms in total. The number of aromatic nitrogens is 2. The molecule has 3 aromatic carbocycles. The summed E-state index contributed by atoms with van der Waals surface area (Å²) in [6.07, 6.45) is 2.41. The van der Waals surface area contributed by atoms with Gasteiger partial charge in [0.15, 0.2) is 0 Å². The predicted molar refractivity (Wildman–Crippen MR) is 173 cm³/mol. The number of urea groups is 1. The largest absolute Gasteiger partial charge is 0.497 e. The molecule has 230 valence electrons. The monoisotopic (exact) mass is 595 g/mol. The standard InChI is InChI=1S/C35H41N5O4/c1-24-6-12-28(13-7-24)40-32(23-31(38-40)35(2,3)4)37-33(41)36-27-10-8-25(9-11-27)22-26-18-20-39(21-19-26)34(42)44-30-16-14-29(43-5)15-17-30/h6-17,23,26H,18-22H2,1-5H3,(H2,36,37,41). The van der Waals surface area contributed by atoms with Crippen molar-refractivity contribution in [2.24, 2.45) is 5.92 Å². The van der Waals surface area contributed by atoms with E-state index in [0.29, 0.717) is 36.3 Å². The molecule has 5 rings (SSSR count). The SMILES string of the molecule is COc1ccc(OC(=O)N2CCC(Cc3ccc(NC(=O)Nc4cc(C(C)(C)C)nn4-c4ccc(C)cc4)cc3)CC2)cc1. The van der Waals surface area contributed by atoms with Crippen molar-refractivity contribution in [2.45, 2.75) is 52.4 Å². The number of nitrogens with zero attached hydrogens (tertiary/aromatic N) is 3. The molecule has 4 aromatic rings. The summed E-state index contributed by atoms with van der Waals surface area (Å²) in [6, 6.07) is 24.6. The maximum Gasteiger partial charge on any atom is 0.415 e. The summed E-state index contributed by atoms with van der Waals surface area (Å²) in [4.78, 5) is 27.4. The molecular formula is C35H41N5O4. The minimum absolute atomic E-state index is 0.171. The second kappa shape index (κ2) is 13.2. The van der Waals surface area contributed by atoms with Crippen molar-refractivity contribution >= 4 is 23.6 Å². The van der Waals surface area contributed by atoms with Crippen LogP contribution in [-0.4, -0.2) is 47.0 Å². The van der Waals surface area contributed by atoms with E-state index in [2.05, 4.69) is 31.4 Å². The Bertz CT molecular complexity index is 1560. The summed E-state index contributed by atoms with van der Waals surface area (Å²) < 4.78 is 12.4. The smallest absolute Gasteiger partial charge is 0.415 e. The molecule has 2 heterocycles. The molecule has 0 radical (unpaired) electrons. The molecule has 1 aliphatic rings. The zero-order valence-electron chi connectivity index (χ0n) is 26.1. The lowest BCUT2D eigenvalue weighted by Crippen LogP contribution is -2.40. The molecule has 0 unspecified atom stereocenters. The number of carbonyl (C=O) groups is 2. The second-order valence-corrected chi connectivity index (χ2v) is 12.4. The summed E-state index contributed by atoms with van der Waals surface area (Å²) in [5.74, 6) is 2.30. The highest BCUT2D eigenvalue weighted by Crippen LogP contribution is 2.27. The van der Waals surface area contributed by atoms with Crippen LogP contribution in [0.2, 0.25) is 0 Å². The van der Waals surface area contributed by atoms with Crippen molar-refractivity contribution in [3.05, 3.63) is 95.7 Å². The number of piperidine rings is 1. The van der Waals surface area contributed by atoms with Gasteiger partial charge in [0.05, 0.1) is 18.5 Å². The van der Waals surface area contributed by atoms with Gasteiger partial charge in [-0.1, -0.05) is 50.6 Å². The van der Waals surface area contributed by atoms with Crippen molar-refractivity contribution < 1.29 is 19.1 Å². The van der Waals surface area contributed by atoms with E-state index >= 15 is 0 Å². The molecule has 1 aromatic heterocycles. The van der Waals surface area contributed by atoms with E-state index in [1.165, 1.54) is 5.56 Å². The summed E-state index contributed by atoms with van der Waals surface area (Å²) in [7, 11) is 1.60. The fourth-order valence-corrected chi connectivity index (χ4v) is 5.18. The molecule has 0 spiro atoms. The maximum atomic E-state index is 13.0. The van der Waals surface area contributed by atoms with Gasteiger partial charge in [0.25, 0.3) is 0 Å². The number of rotatable bonds is 7. The van der Waals surface area contributed by atoms with Crippen LogP contribution in [0.25, 0.3) is 5.69 Å². The van der Waals surface area contributed by atoms with Crippen LogP contribution in [0.1, 0.15) is 50.4 Å². The van der Waals surface area contributed by atoms with Gasteiger partial charge >= 0.3 is 12.1 Å². The molecule has 0 aliphatic carbocycles. The van der Waals surface area contributed by atoms with Crippen LogP contribution >= 0.6 is 0 Å².